The SMILES string of the molecule is Cl.O=C(c1ccccc1C(F)(F)F)N1CCCC(Oc2ccc(C(F)(F)F)cc2)(C(=O)N2CCN(c3ccccn3)CC2)C1. The molecular weight excluding hydrogens is 614 g/mol. The maximum absolute atomic E-state index is 14.1. The zero-order chi connectivity index (χ0) is 30.8. The Hall–Kier alpha value is -4.00. The van der Waals surface area contributed by atoms with Crippen molar-refractivity contribution in [1.29, 1.82) is 0 Å². The number of nitrogens with zero attached hydrogens (tertiary/aromatic N) is 4. The van der Waals surface area contributed by atoms with Crippen molar-refractivity contribution in [1.82, 2.24) is 14.8 Å². The van der Waals surface area contributed by atoms with Crippen LogP contribution in [-0.2, 0) is 17.1 Å². The number of halogens is 7. The number of alkyl halides is 6. The van der Waals surface area contributed by atoms with Gasteiger partial charge in [-0.1, -0.05) is 18.2 Å². The largest absolute Gasteiger partial charge is 0.476 e. The van der Waals surface area contributed by atoms with Crippen LogP contribution in [0.25, 0.3) is 0 Å². The Labute approximate surface area is 255 Å². The van der Waals surface area contributed by atoms with Gasteiger partial charge in [0.05, 0.1) is 23.2 Å². The minimum Gasteiger partial charge on any atom is -0.476 e. The molecule has 2 aliphatic rings. The van der Waals surface area contributed by atoms with E-state index in [2.05, 4.69) is 4.98 Å². The molecule has 3 heterocycles. The van der Waals surface area contributed by atoms with Crippen molar-refractivity contribution in [3.8, 4) is 5.75 Å². The highest BCUT2D eigenvalue weighted by Gasteiger charge is 2.49. The maximum atomic E-state index is 14.1. The van der Waals surface area contributed by atoms with Crippen LogP contribution < -0.4 is 9.64 Å². The van der Waals surface area contributed by atoms with E-state index >= 15 is 0 Å². The predicted molar refractivity (Wildman–Crippen MR) is 152 cm³/mol. The van der Waals surface area contributed by atoms with Gasteiger partial charge in [-0.25, -0.2) is 4.98 Å². The van der Waals surface area contributed by atoms with Crippen LogP contribution in [0.3, 0.4) is 0 Å². The number of benzene rings is 2. The van der Waals surface area contributed by atoms with Gasteiger partial charge >= 0.3 is 12.4 Å². The Morgan fingerprint density at radius 1 is 0.773 bits per heavy atom. The van der Waals surface area contributed by atoms with E-state index in [0.717, 1.165) is 47.1 Å². The summed E-state index contributed by atoms with van der Waals surface area (Å²) in [5, 5.41) is 0. The van der Waals surface area contributed by atoms with Gasteiger partial charge in [0.15, 0.2) is 0 Å². The average molecular weight is 643 g/mol. The van der Waals surface area contributed by atoms with Crippen LogP contribution in [0.2, 0.25) is 0 Å². The first-order valence-corrected chi connectivity index (χ1v) is 13.6. The molecule has 3 aromatic rings. The molecule has 2 fully saturated rings. The second-order valence-electron chi connectivity index (χ2n) is 10.5. The molecule has 44 heavy (non-hydrogen) atoms. The molecule has 1 unspecified atom stereocenters. The normalized spacial score (nSPS) is 19.3. The smallest absolute Gasteiger partial charge is 0.417 e. The highest BCUT2D eigenvalue weighted by molar-refractivity contribution is 5.97. The number of carbonyl (C=O) groups excluding carboxylic acids is 2. The molecule has 1 aromatic heterocycles. The summed E-state index contributed by atoms with van der Waals surface area (Å²) in [6.45, 7) is 1.14. The summed E-state index contributed by atoms with van der Waals surface area (Å²) < 4.78 is 86.8. The minimum atomic E-state index is -4.78. The number of ether oxygens (including phenoxy) is 1. The fourth-order valence-electron chi connectivity index (χ4n) is 5.49. The summed E-state index contributed by atoms with van der Waals surface area (Å²) in [5.74, 6) is -0.697. The first-order valence-electron chi connectivity index (χ1n) is 13.6. The van der Waals surface area contributed by atoms with E-state index in [1.807, 2.05) is 17.0 Å². The first kappa shape index (κ1) is 32.9. The molecule has 0 N–H and O–H groups in total. The zero-order valence-corrected chi connectivity index (χ0v) is 24.1. The number of likely N-dealkylation sites (tertiary alicyclic amines) is 1. The molecule has 2 saturated heterocycles. The van der Waals surface area contributed by atoms with Crippen molar-refractivity contribution in [2.75, 3.05) is 44.2 Å². The van der Waals surface area contributed by atoms with Crippen molar-refractivity contribution < 1.29 is 40.7 Å². The number of piperazine rings is 1. The van der Waals surface area contributed by atoms with Crippen LogP contribution in [0.1, 0.15) is 34.3 Å². The van der Waals surface area contributed by atoms with E-state index in [1.54, 1.807) is 17.2 Å². The molecule has 14 heteroatoms. The highest BCUT2D eigenvalue weighted by Crippen LogP contribution is 2.36. The van der Waals surface area contributed by atoms with E-state index in [9.17, 15) is 35.9 Å². The van der Waals surface area contributed by atoms with Gasteiger partial charge in [0.2, 0.25) is 5.60 Å². The fraction of sp³-hybridized carbons (Fsp3) is 0.367. The van der Waals surface area contributed by atoms with Gasteiger partial charge in [0.25, 0.3) is 11.8 Å². The number of aromatic nitrogens is 1. The fourth-order valence-corrected chi connectivity index (χ4v) is 5.49. The monoisotopic (exact) mass is 642 g/mol. The Kier molecular flexibility index (Phi) is 9.67. The van der Waals surface area contributed by atoms with Crippen LogP contribution >= 0.6 is 12.4 Å². The van der Waals surface area contributed by atoms with Crippen LogP contribution in [0.5, 0.6) is 5.75 Å². The van der Waals surface area contributed by atoms with E-state index < -0.39 is 46.5 Å². The second kappa shape index (κ2) is 12.9. The number of amides is 2. The van der Waals surface area contributed by atoms with Crippen LogP contribution in [0.4, 0.5) is 32.2 Å². The van der Waals surface area contributed by atoms with Crippen molar-refractivity contribution >= 4 is 30.0 Å². The Balaban J connectivity index is 0.00000442. The number of anilines is 1. The predicted octanol–water partition coefficient (Wildman–Crippen LogP) is 5.94. The van der Waals surface area contributed by atoms with Crippen molar-refractivity contribution in [3.05, 3.63) is 89.6 Å². The number of pyridine rings is 1. The summed E-state index contributed by atoms with van der Waals surface area (Å²) in [6.07, 6.45) is -7.37. The average Bonchev–Trinajstić information content (AvgIpc) is 3.00. The van der Waals surface area contributed by atoms with Gasteiger partial charge in [-0.3, -0.25) is 9.59 Å². The lowest BCUT2D eigenvalue weighted by Gasteiger charge is -2.45. The molecule has 2 aliphatic heterocycles. The second-order valence-corrected chi connectivity index (χ2v) is 10.5. The molecule has 0 bridgehead atoms. The maximum Gasteiger partial charge on any atom is 0.417 e. The number of hydrogen-bond donors (Lipinski definition) is 0. The zero-order valence-electron chi connectivity index (χ0n) is 23.3. The Bertz CT molecular complexity index is 1450. The molecule has 5 rings (SSSR count). The standard InChI is InChI=1S/C30H28F6N4O3.ClH/c31-29(32,33)21-9-11-22(12-10-21)43-28(27(42)39-18-16-38(17-19-39)25-8-3-4-14-37-25)13-5-15-40(20-28)26(41)23-6-1-2-7-24(23)30(34,35)36;/h1-4,6-12,14H,5,13,15-20H2;1H. The highest BCUT2D eigenvalue weighted by atomic mass is 35.5. The quantitative estimate of drug-likeness (QED) is 0.322. The third-order valence-corrected chi connectivity index (χ3v) is 7.63. The number of rotatable bonds is 5. The Morgan fingerprint density at radius 3 is 2.05 bits per heavy atom. The van der Waals surface area contributed by atoms with Gasteiger partial charge in [-0.15, -0.1) is 12.4 Å². The van der Waals surface area contributed by atoms with Crippen molar-refractivity contribution in [2.45, 2.75) is 30.8 Å². The molecule has 1 atom stereocenters. The van der Waals surface area contributed by atoms with E-state index in [-0.39, 0.29) is 57.2 Å². The summed E-state index contributed by atoms with van der Waals surface area (Å²) in [7, 11) is 0. The molecule has 0 aliphatic carbocycles. The molecule has 0 radical (unpaired) electrons. The molecule has 0 spiro atoms. The molecular formula is C30H29ClF6N4O3. The topological polar surface area (TPSA) is 66.0 Å². The lowest BCUT2D eigenvalue weighted by molar-refractivity contribution is -0.153. The molecule has 2 aromatic carbocycles. The minimum absolute atomic E-state index is 0. The van der Waals surface area contributed by atoms with Crippen LogP contribution in [-0.4, -0.2) is 71.5 Å². The van der Waals surface area contributed by atoms with Crippen molar-refractivity contribution in [2.24, 2.45) is 0 Å². The van der Waals surface area contributed by atoms with E-state index in [1.165, 1.54) is 12.1 Å². The van der Waals surface area contributed by atoms with E-state index in [4.69, 9.17) is 4.74 Å². The number of hydrogen-bond acceptors (Lipinski definition) is 5. The van der Waals surface area contributed by atoms with Crippen LogP contribution in [0, 0.1) is 0 Å². The lowest BCUT2D eigenvalue weighted by Crippen LogP contribution is -2.64. The summed E-state index contributed by atoms with van der Waals surface area (Å²) in [5.41, 5.74) is -4.29. The summed E-state index contributed by atoms with van der Waals surface area (Å²) >= 11 is 0. The van der Waals surface area contributed by atoms with Gasteiger partial charge in [-0.05, 0) is 61.4 Å². The number of carbonyl (C=O) groups is 2. The third-order valence-electron chi connectivity index (χ3n) is 7.63. The Morgan fingerprint density at radius 2 is 1.43 bits per heavy atom. The van der Waals surface area contributed by atoms with Crippen LogP contribution in [0.15, 0.2) is 72.9 Å². The molecule has 0 saturated carbocycles. The van der Waals surface area contributed by atoms with Gasteiger partial charge in [0, 0.05) is 38.9 Å². The van der Waals surface area contributed by atoms with Gasteiger partial charge < -0.3 is 19.4 Å². The molecule has 236 valence electrons. The third kappa shape index (κ3) is 7.03. The van der Waals surface area contributed by atoms with Crippen molar-refractivity contribution in [3.63, 3.8) is 0 Å². The lowest BCUT2D eigenvalue weighted by atomic mass is 9.89. The first-order chi connectivity index (χ1) is 20.4. The molecule has 2 amide bonds. The van der Waals surface area contributed by atoms with E-state index in [0.29, 0.717) is 13.1 Å². The van der Waals surface area contributed by atoms with Gasteiger partial charge in [0.1, 0.15) is 11.6 Å². The molecule has 7 nitrogen and oxygen atoms in total. The van der Waals surface area contributed by atoms with Gasteiger partial charge in [-0.2, -0.15) is 26.3 Å². The summed E-state index contributed by atoms with van der Waals surface area (Å²) in [6, 6.07) is 13.7. The summed E-state index contributed by atoms with van der Waals surface area (Å²) in [4.78, 5) is 36.7. The number of piperidine rings is 1.